The molecule has 0 bridgehead atoms. The van der Waals surface area contributed by atoms with Gasteiger partial charge in [-0.25, -0.2) is 0 Å². The van der Waals surface area contributed by atoms with Crippen molar-refractivity contribution in [3.05, 3.63) is 0 Å². The molecule has 102 valence electrons. The van der Waals surface area contributed by atoms with E-state index in [4.69, 9.17) is 0 Å². The van der Waals surface area contributed by atoms with Crippen LogP contribution in [0.1, 0.15) is 73.1 Å². The average molecular weight is 239 g/mol. The maximum atomic E-state index is 3.82. The molecule has 1 aliphatic carbocycles. The van der Waals surface area contributed by atoms with Crippen LogP contribution >= 0.6 is 0 Å². The average Bonchev–Trinajstić information content (AvgIpc) is 2.58. The fraction of sp³-hybridized carbons (Fsp3) is 1.00. The molecular formula is C16H33N. The minimum atomic E-state index is 0.558. The van der Waals surface area contributed by atoms with Crippen molar-refractivity contribution in [2.75, 3.05) is 6.54 Å². The third-order valence-electron chi connectivity index (χ3n) is 4.54. The molecule has 0 amide bonds. The third kappa shape index (κ3) is 4.62. The summed E-state index contributed by atoms with van der Waals surface area (Å²) in [6.45, 7) is 13.1. The van der Waals surface area contributed by atoms with Crippen LogP contribution in [0, 0.1) is 17.3 Å². The summed E-state index contributed by atoms with van der Waals surface area (Å²) in [4.78, 5) is 0. The Balaban J connectivity index is 2.54. The van der Waals surface area contributed by atoms with Crippen LogP contribution < -0.4 is 5.32 Å². The quantitative estimate of drug-likeness (QED) is 0.683. The molecule has 1 saturated carbocycles. The topological polar surface area (TPSA) is 12.0 Å². The molecule has 2 atom stereocenters. The SMILES string of the molecule is CCCNC(CCC(C)C)C1CCCC1(C)C. The van der Waals surface area contributed by atoms with Crippen LogP contribution in [-0.2, 0) is 0 Å². The minimum absolute atomic E-state index is 0.558. The Morgan fingerprint density at radius 3 is 2.41 bits per heavy atom. The summed E-state index contributed by atoms with van der Waals surface area (Å²) in [6, 6.07) is 0.759. The van der Waals surface area contributed by atoms with Gasteiger partial charge in [0, 0.05) is 6.04 Å². The number of nitrogens with one attached hydrogen (secondary N) is 1. The molecule has 1 aliphatic rings. The Hall–Kier alpha value is -0.0400. The van der Waals surface area contributed by atoms with Crippen LogP contribution in [0.3, 0.4) is 0 Å². The van der Waals surface area contributed by atoms with E-state index in [0.717, 1.165) is 17.9 Å². The first kappa shape index (κ1) is 15.0. The molecule has 1 nitrogen and oxygen atoms in total. The van der Waals surface area contributed by atoms with E-state index in [-0.39, 0.29) is 0 Å². The zero-order valence-electron chi connectivity index (χ0n) is 12.7. The van der Waals surface area contributed by atoms with Gasteiger partial charge < -0.3 is 5.32 Å². The normalized spacial score (nSPS) is 25.4. The number of rotatable bonds is 7. The maximum Gasteiger partial charge on any atom is 0.0100 e. The highest BCUT2D eigenvalue weighted by molar-refractivity contribution is 4.92. The van der Waals surface area contributed by atoms with Crippen LogP contribution in [-0.4, -0.2) is 12.6 Å². The van der Waals surface area contributed by atoms with E-state index < -0.39 is 0 Å². The van der Waals surface area contributed by atoms with E-state index >= 15 is 0 Å². The fourth-order valence-electron chi connectivity index (χ4n) is 3.39. The van der Waals surface area contributed by atoms with Gasteiger partial charge in [-0.2, -0.15) is 0 Å². The van der Waals surface area contributed by atoms with E-state index in [9.17, 15) is 0 Å². The van der Waals surface area contributed by atoms with Gasteiger partial charge in [0.15, 0.2) is 0 Å². The molecule has 2 unspecified atom stereocenters. The van der Waals surface area contributed by atoms with E-state index in [1.807, 2.05) is 0 Å². The Labute approximate surface area is 109 Å². The molecule has 17 heavy (non-hydrogen) atoms. The molecule has 1 N–H and O–H groups in total. The molecule has 0 heterocycles. The summed E-state index contributed by atoms with van der Waals surface area (Å²) < 4.78 is 0. The predicted molar refractivity (Wildman–Crippen MR) is 77.3 cm³/mol. The van der Waals surface area contributed by atoms with Crippen LogP contribution in [0.25, 0.3) is 0 Å². The lowest BCUT2D eigenvalue weighted by Gasteiger charge is -2.35. The third-order valence-corrected chi connectivity index (χ3v) is 4.54. The van der Waals surface area contributed by atoms with Crippen molar-refractivity contribution in [3.8, 4) is 0 Å². The molecule has 0 aromatic carbocycles. The molecule has 0 aromatic rings. The highest BCUT2D eigenvalue weighted by Crippen LogP contribution is 2.45. The molecular weight excluding hydrogens is 206 g/mol. The lowest BCUT2D eigenvalue weighted by atomic mass is 9.76. The number of hydrogen-bond acceptors (Lipinski definition) is 1. The standard InChI is InChI=1S/C16H33N/c1-6-12-17-15(10-9-13(2)3)14-8-7-11-16(14,4)5/h13-15,17H,6-12H2,1-5H3. The summed E-state index contributed by atoms with van der Waals surface area (Å²) in [5.74, 6) is 1.73. The Morgan fingerprint density at radius 2 is 1.94 bits per heavy atom. The van der Waals surface area contributed by atoms with Crippen LogP contribution in [0.2, 0.25) is 0 Å². The molecule has 1 rings (SSSR count). The molecule has 1 fully saturated rings. The van der Waals surface area contributed by atoms with Gasteiger partial charge in [0.1, 0.15) is 0 Å². The Morgan fingerprint density at radius 1 is 1.24 bits per heavy atom. The first-order valence-electron chi connectivity index (χ1n) is 7.70. The molecule has 0 radical (unpaired) electrons. The second kappa shape index (κ2) is 6.78. The first-order valence-corrected chi connectivity index (χ1v) is 7.70. The van der Waals surface area contributed by atoms with Crippen LogP contribution in [0.5, 0.6) is 0 Å². The van der Waals surface area contributed by atoms with Crippen molar-refractivity contribution in [2.45, 2.75) is 79.2 Å². The largest absolute Gasteiger partial charge is 0.314 e. The smallest absolute Gasteiger partial charge is 0.0100 e. The predicted octanol–water partition coefficient (Wildman–Crippen LogP) is 4.62. The molecule has 0 aromatic heterocycles. The summed E-state index contributed by atoms with van der Waals surface area (Å²) in [7, 11) is 0. The highest BCUT2D eigenvalue weighted by Gasteiger charge is 2.38. The second-order valence-corrected chi connectivity index (χ2v) is 7.02. The molecule has 1 heteroatoms. The Bertz CT molecular complexity index is 208. The van der Waals surface area contributed by atoms with Gasteiger partial charge in [0.2, 0.25) is 0 Å². The summed E-state index contributed by atoms with van der Waals surface area (Å²) >= 11 is 0. The van der Waals surface area contributed by atoms with Gasteiger partial charge in [-0.3, -0.25) is 0 Å². The molecule has 0 aliphatic heterocycles. The zero-order valence-corrected chi connectivity index (χ0v) is 12.7. The van der Waals surface area contributed by atoms with Gasteiger partial charge in [-0.05, 0) is 55.9 Å². The van der Waals surface area contributed by atoms with Gasteiger partial charge in [-0.1, -0.05) is 41.0 Å². The van der Waals surface area contributed by atoms with Crippen LogP contribution in [0.4, 0.5) is 0 Å². The first-order chi connectivity index (χ1) is 7.97. The lowest BCUT2D eigenvalue weighted by molar-refractivity contribution is 0.184. The fourth-order valence-corrected chi connectivity index (χ4v) is 3.39. The minimum Gasteiger partial charge on any atom is -0.314 e. The molecule has 0 saturated heterocycles. The maximum absolute atomic E-state index is 3.82. The van der Waals surface area contributed by atoms with Crippen molar-refractivity contribution in [1.82, 2.24) is 5.32 Å². The Kier molecular flexibility index (Phi) is 5.99. The summed E-state index contributed by atoms with van der Waals surface area (Å²) in [5, 5.41) is 3.82. The van der Waals surface area contributed by atoms with Gasteiger partial charge >= 0.3 is 0 Å². The van der Waals surface area contributed by atoms with Gasteiger partial charge in [0.25, 0.3) is 0 Å². The van der Waals surface area contributed by atoms with E-state index in [1.165, 1.54) is 45.1 Å². The van der Waals surface area contributed by atoms with E-state index in [1.54, 1.807) is 0 Å². The van der Waals surface area contributed by atoms with Gasteiger partial charge in [-0.15, -0.1) is 0 Å². The number of hydrogen-bond donors (Lipinski definition) is 1. The zero-order chi connectivity index (χ0) is 12.9. The van der Waals surface area contributed by atoms with Crippen molar-refractivity contribution in [1.29, 1.82) is 0 Å². The second-order valence-electron chi connectivity index (χ2n) is 7.02. The van der Waals surface area contributed by atoms with Crippen molar-refractivity contribution < 1.29 is 0 Å². The summed E-state index contributed by atoms with van der Waals surface area (Å²) in [5.41, 5.74) is 0.558. The van der Waals surface area contributed by atoms with Crippen molar-refractivity contribution >= 4 is 0 Å². The van der Waals surface area contributed by atoms with E-state index in [2.05, 4.69) is 39.9 Å². The highest BCUT2D eigenvalue weighted by atomic mass is 14.9. The van der Waals surface area contributed by atoms with Gasteiger partial charge in [0.05, 0.1) is 0 Å². The lowest BCUT2D eigenvalue weighted by Crippen LogP contribution is -2.41. The van der Waals surface area contributed by atoms with Crippen LogP contribution in [0.15, 0.2) is 0 Å². The van der Waals surface area contributed by atoms with Crippen molar-refractivity contribution in [2.24, 2.45) is 17.3 Å². The molecule has 0 spiro atoms. The van der Waals surface area contributed by atoms with E-state index in [0.29, 0.717) is 5.41 Å². The monoisotopic (exact) mass is 239 g/mol. The summed E-state index contributed by atoms with van der Waals surface area (Å²) in [6.07, 6.45) is 8.28. The van der Waals surface area contributed by atoms with Crippen molar-refractivity contribution in [3.63, 3.8) is 0 Å².